The first-order valence-corrected chi connectivity index (χ1v) is 8.63. The molecule has 0 radical (unpaired) electrons. The molecule has 0 aliphatic carbocycles. The Balaban J connectivity index is 1.76. The number of carbonyl (C=O) groups excluding carboxylic acids is 1. The molecule has 140 valence electrons. The summed E-state index contributed by atoms with van der Waals surface area (Å²) < 4.78 is 34.8. The number of amides is 2. The summed E-state index contributed by atoms with van der Waals surface area (Å²) in [6.07, 6.45) is 0.117. The molecule has 1 aromatic rings. The van der Waals surface area contributed by atoms with E-state index in [1.165, 1.54) is 4.90 Å². The fraction of sp³-hybridized carbons (Fsp3) is 0.765. The number of hydrogen-bond acceptors (Lipinski definition) is 4. The van der Waals surface area contributed by atoms with Crippen molar-refractivity contribution < 1.29 is 18.1 Å². The van der Waals surface area contributed by atoms with Crippen LogP contribution in [0.3, 0.4) is 0 Å². The second kappa shape index (κ2) is 6.23. The predicted octanol–water partition coefficient (Wildman–Crippen LogP) is 2.51. The molecule has 8 heteroatoms. The molecule has 2 aliphatic rings. The zero-order valence-electron chi connectivity index (χ0n) is 15.3. The van der Waals surface area contributed by atoms with Gasteiger partial charge in [0.05, 0.1) is 11.1 Å². The molecule has 2 amide bonds. The average Bonchev–Trinajstić information content (AvgIpc) is 3.09. The van der Waals surface area contributed by atoms with Gasteiger partial charge in [0.15, 0.2) is 0 Å². The Morgan fingerprint density at radius 2 is 1.96 bits per heavy atom. The minimum Gasteiger partial charge on any atom is -0.361 e. The van der Waals surface area contributed by atoms with Gasteiger partial charge < -0.3 is 14.3 Å². The molecule has 2 aliphatic heterocycles. The van der Waals surface area contributed by atoms with Crippen LogP contribution in [0.2, 0.25) is 0 Å². The third kappa shape index (κ3) is 3.12. The molecule has 3 heterocycles. The maximum absolute atomic E-state index is 14.8. The highest BCUT2D eigenvalue weighted by atomic mass is 19.3. The number of aromatic nitrogens is 1. The first-order valence-electron chi connectivity index (χ1n) is 8.63. The maximum atomic E-state index is 14.8. The molecular weight excluding hydrogens is 330 g/mol. The molecule has 1 spiro atoms. The Labute approximate surface area is 146 Å². The van der Waals surface area contributed by atoms with Gasteiger partial charge >= 0.3 is 6.03 Å². The summed E-state index contributed by atoms with van der Waals surface area (Å²) in [6, 6.07) is -0.195. The first kappa shape index (κ1) is 18.1. The quantitative estimate of drug-likeness (QED) is 0.817. The molecule has 2 saturated heterocycles. The van der Waals surface area contributed by atoms with E-state index >= 15 is 0 Å². The summed E-state index contributed by atoms with van der Waals surface area (Å²) in [5.41, 5.74) is 0.603. The van der Waals surface area contributed by atoms with E-state index in [9.17, 15) is 13.6 Å². The number of halogens is 2. The van der Waals surface area contributed by atoms with Crippen LogP contribution in [0.5, 0.6) is 0 Å². The van der Waals surface area contributed by atoms with Gasteiger partial charge in [-0.1, -0.05) is 5.16 Å². The van der Waals surface area contributed by atoms with Gasteiger partial charge in [-0.3, -0.25) is 4.90 Å². The number of aryl methyl sites for hydroxylation is 2. The molecule has 0 aromatic carbocycles. The minimum absolute atomic E-state index is 0.106. The van der Waals surface area contributed by atoms with Gasteiger partial charge in [0, 0.05) is 52.3 Å². The summed E-state index contributed by atoms with van der Waals surface area (Å²) in [6.45, 7) is 5.34. The van der Waals surface area contributed by atoms with Gasteiger partial charge in [0.1, 0.15) is 5.76 Å². The van der Waals surface area contributed by atoms with E-state index in [4.69, 9.17) is 4.52 Å². The molecule has 0 N–H and O–H groups in total. The van der Waals surface area contributed by atoms with Crippen LogP contribution in [0.15, 0.2) is 4.52 Å². The topological polar surface area (TPSA) is 52.8 Å². The summed E-state index contributed by atoms with van der Waals surface area (Å²) in [5, 5.41) is 3.94. The van der Waals surface area contributed by atoms with Crippen molar-refractivity contribution in [3.8, 4) is 0 Å². The smallest absolute Gasteiger partial charge is 0.319 e. The number of urea groups is 1. The van der Waals surface area contributed by atoms with Crippen LogP contribution in [-0.4, -0.2) is 72.1 Å². The van der Waals surface area contributed by atoms with Gasteiger partial charge in [-0.2, -0.15) is 0 Å². The lowest BCUT2D eigenvalue weighted by atomic mass is 9.75. The predicted molar refractivity (Wildman–Crippen MR) is 88.5 cm³/mol. The van der Waals surface area contributed by atoms with Gasteiger partial charge in [0.25, 0.3) is 5.92 Å². The second-order valence-corrected chi connectivity index (χ2v) is 7.60. The summed E-state index contributed by atoms with van der Waals surface area (Å²) in [5.74, 6) is -2.03. The maximum Gasteiger partial charge on any atom is 0.319 e. The van der Waals surface area contributed by atoms with E-state index < -0.39 is 11.3 Å². The van der Waals surface area contributed by atoms with Crippen LogP contribution in [0.1, 0.15) is 29.9 Å². The van der Waals surface area contributed by atoms with Crippen molar-refractivity contribution in [2.45, 2.75) is 39.2 Å². The number of piperidine rings is 1. The van der Waals surface area contributed by atoms with E-state index in [2.05, 4.69) is 5.16 Å². The van der Waals surface area contributed by atoms with Crippen LogP contribution in [0.25, 0.3) is 0 Å². The van der Waals surface area contributed by atoms with Crippen molar-refractivity contribution in [1.82, 2.24) is 19.9 Å². The zero-order valence-corrected chi connectivity index (χ0v) is 15.3. The third-order valence-electron chi connectivity index (χ3n) is 5.61. The molecule has 1 aromatic heterocycles. The van der Waals surface area contributed by atoms with Gasteiger partial charge in [0.2, 0.25) is 0 Å². The number of likely N-dealkylation sites (tertiary alicyclic amines) is 2. The van der Waals surface area contributed by atoms with Crippen LogP contribution in [-0.2, 0) is 6.54 Å². The van der Waals surface area contributed by atoms with E-state index in [0.29, 0.717) is 19.5 Å². The molecule has 6 nitrogen and oxygen atoms in total. The lowest BCUT2D eigenvalue weighted by molar-refractivity contribution is -0.155. The van der Waals surface area contributed by atoms with Crippen molar-refractivity contribution in [2.24, 2.45) is 5.41 Å². The molecule has 25 heavy (non-hydrogen) atoms. The molecule has 1 atom stereocenters. The highest BCUT2D eigenvalue weighted by Gasteiger charge is 2.60. The van der Waals surface area contributed by atoms with Crippen molar-refractivity contribution in [3.63, 3.8) is 0 Å². The van der Waals surface area contributed by atoms with E-state index in [0.717, 1.165) is 17.0 Å². The van der Waals surface area contributed by atoms with Crippen molar-refractivity contribution in [3.05, 3.63) is 17.0 Å². The molecule has 2 fully saturated rings. The summed E-state index contributed by atoms with van der Waals surface area (Å²) in [4.78, 5) is 17.3. The van der Waals surface area contributed by atoms with Crippen LogP contribution >= 0.6 is 0 Å². The Morgan fingerprint density at radius 1 is 1.24 bits per heavy atom. The van der Waals surface area contributed by atoms with E-state index in [1.54, 1.807) is 19.0 Å². The van der Waals surface area contributed by atoms with Gasteiger partial charge in [-0.05, 0) is 26.8 Å². The normalized spacial score (nSPS) is 26.4. The highest BCUT2D eigenvalue weighted by Crippen LogP contribution is 2.49. The SMILES string of the molecule is Cc1noc(C)c1CN1CC[C@@]2(C1)CN(C(=O)N(C)C)CCC2(F)F. The van der Waals surface area contributed by atoms with Crippen LogP contribution in [0.4, 0.5) is 13.6 Å². The van der Waals surface area contributed by atoms with Crippen molar-refractivity contribution in [1.29, 1.82) is 0 Å². The fourth-order valence-corrected chi connectivity index (χ4v) is 4.02. The van der Waals surface area contributed by atoms with Crippen molar-refractivity contribution >= 4 is 6.03 Å². The molecule has 0 unspecified atom stereocenters. The fourth-order valence-electron chi connectivity index (χ4n) is 4.02. The highest BCUT2D eigenvalue weighted by molar-refractivity contribution is 5.74. The Kier molecular flexibility index (Phi) is 4.51. The van der Waals surface area contributed by atoms with E-state index in [1.807, 2.05) is 18.7 Å². The van der Waals surface area contributed by atoms with Gasteiger partial charge in [-0.25, -0.2) is 13.6 Å². The summed E-state index contributed by atoms with van der Waals surface area (Å²) in [7, 11) is 3.31. The zero-order chi connectivity index (χ0) is 18.4. The molecule has 0 saturated carbocycles. The van der Waals surface area contributed by atoms with Crippen LogP contribution < -0.4 is 0 Å². The van der Waals surface area contributed by atoms with Crippen molar-refractivity contribution in [2.75, 3.05) is 40.3 Å². The molecule has 0 bridgehead atoms. The molecule has 3 rings (SSSR count). The number of rotatable bonds is 2. The summed E-state index contributed by atoms with van der Waals surface area (Å²) >= 11 is 0. The number of carbonyl (C=O) groups is 1. The Hall–Kier alpha value is -1.70. The average molecular weight is 356 g/mol. The largest absolute Gasteiger partial charge is 0.361 e. The lowest BCUT2D eigenvalue weighted by Gasteiger charge is -2.46. The first-order chi connectivity index (χ1) is 11.7. The third-order valence-corrected chi connectivity index (χ3v) is 5.61. The Bertz CT molecular complexity index is 642. The minimum atomic E-state index is -2.76. The van der Waals surface area contributed by atoms with Crippen LogP contribution in [0, 0.1) is 19.3 Å². The number of hydrogen-bond donors (Lipinski definition) is 0. The standard InChI is InChI=1S/C17H26F2N4O2/c1-12-14(13(2)25-20-12)9-22-7-5-16(10-22)11-23(15(24)21(3)4)8-6-17(16,18)19/h5-11H2,1-4H3/t16-/m1/s1. The monoisotopic (exact) mass is 356 g/mol. The number of nitrogens with zero attached hydrogens (tertiary/aromatic N) is 4. The lowest BCUT2D eigenvalue weighted by Crippen LogP contribution is -2.59. The number of alkyl halides is 2. The molecular formula is C17H26F2N4O2. The Morgan fingerprint density at radius 3 is 2.56 bits per heavy atom. The van der Waals surface area contributed by atoms with Gasteiger partial charge in [-0.15, -0.1) is 0 Å². The van der Waals surface area contributed by atoms with E-state index in [-0.39, 0.29) is 32.1 Å². The second-order valence-electron chi connectivity index (χ2n) is 7.60.